The number of nitrogens with one attached hydrogen (secondary N) is 2. The predicted molar refractivity (Wildman–Crippen MR) is 139 cm³/mol. The Morgan fingerprint density at radius 1 is 1.09 bits per heavy atom. The van der Waals surface area contributed by atoms with Crippen LogP contribution in [0.5, 0.6) is 0 Å². The highest BCUT2D eigenvalue weighted by atomic mass is 32.1. The number of nitrogens with zero attached hydrogens (tertiary/aromatic N) is 5. The zero-order valence-electron chi connectivity index (χ0n) is 20.3. The Bertz CT molecular complexity index is 1390. The third-order valence-electron chi connectivity index (χ3n) is 6.44. The standard InChI is InChI=1S/C24H29N7O2S2/c1-15-9-18(21(33)25-14-24(2,3)30-7-5-6-8-30)34-22(15)28-20(32)17-11-27-31-13-19(35-23(17)31)16-10-26-29(4)12-16/h9-13H,5-8,14H2,1-4H3,(H,25,33)(H,28,32). The Balaban J connectivity index is 1.27. The van der Waals surface area contributed by atoms with Gasteiger partial charge in [0.1, 0.15) is 4.83 Å². The number of aryl methyl sites for hydroxylation is 2. The van der Waals surface area contributed by atoms with Crippen LogP contribution in [0.3, 0.4) is 0 Å². The molecule has 0 aliphatic carbocycles. The van der Waals surface area contributed by atoms with Gasteiger partial charge >= 0.3 is 0 Å². The van der Waals surface area contributed by atoms with Crippen molar-refractivity contribution >= 4 is 44.3 Å². The molecule has 1 saturated heterocycles. The molecule has 9 nitrogen and oxygen atoms in total. The van der Waals surface area contributed by atoms with Gasteiger partial charge in [0.25, 0.3) is 11.8 Å². The summed E-state index contributed by atoms with van der Waals surface area (Å²) in [5, 5.41) is 15.3. The maximum absolute atomic E-state index is 13.1. The number of anilines is 1. The molecule has 5 heterocycles. The number of carbonyl (C=O) groups excluding carboxylic acids is 2. The van der Waals surface area contributed by atoms with Gasteiger partial charge in [-0.2, -0.15) is 10.2 Å². The molecule has 0 atom stereocenters. The highest BCUT2D eigenvalue weighted by Gasteiger charge is 2.29. The average Bonchev–Trinajstić information content (AvgIpc) is 3.61. The molecule has 4 aromatic heterocycles. The number of amides is 2. The number of rotatable bonds is 7. The fourth-order valence-corrected chi connectivity index (χ4v) is 6.35. The molecule has 4 aromatic rings. The van der Waals surface area contributed by atoms with Crippen molar-refractivity contribution in [2.24, 2.45) is 7.05 Å². The molecular formula is C24H29N7O2S2. The first-order valence-corrected chi connectivity index (χ1v) is 13.3. The number of aromatic nitrogens is 4. The van der Waals surface area contributed by atoms with Gasteiger partial charge in [0.2, 0.25) is 0 Å². The first-order chi connectivity index (χ1) is 16.7. The largest absolute Gasteiger partial charge is 0.349 e. The van der Waals surface area contributed by atoms with E-state index < -0.39 is 0 Å². The molecule has 1 aliphatic rings. The van der Waals surface area contributed by atoms with Crippen LogP contribution in [0.15, 0.2) is 30.9 Å². The molecule has 0 radical (unpaired) electrons. The van der Waals surface area contributed by atoms with Crippen LogP contribution in [0, 0.1) is 6.92 Å². The molecule has 11 heteroatoms. The molecule has 0 unspecified atom stereocenters. The lowest BCUT2D eigenvalue weighted by molar-refractivity contribution is 0.0905. The highest BCUT2D eigenvalue weighted by Crippen LogP contribution is 2.32. The monoisotopic (exact) mass is 511 g/mol. The van der Waals surface area contributed by atoms with Crippen molar-refractivity contribution in [1.29, 1.82) is 0 Å². The molecule has 5 rings (SSSR count). The van der Waals surface area contributed by atoms with Crippen LogP contribution in [0.1, 0.15) is 52.3 Å². The summed E-state index contributed by atoms with van der Waals surface area (Å²) in [6.45, 7) is 8.97. The summed E-state index contributed by atoms with van der Waals surface area (Å²) < 4.78 is 3.45. The molecule has 1 aliphatic heterocycles. The van der Waals surface area contributed by atoms with Crippen LogP contribution in [0.4, 0.5) is 5.00 Å². The van der Waals surface area contributed by atoms with Crippen molar-refractivity contribution in [3.63, 3.8) is 0 Å². The van der Waals surface area contributed by atoms with E-state index in [1.165, 1.54) is 35.5 Å². The summed E-state index contributed by atoms with van der Waals surface area (Å²) in [7, 11) is 1.87. The van der Waals surface area contributed by atoms with Gasteiger partial charge in [0.15, 0.2) is 0 Å². The van der Waals surface area contributed by atoms with Gasteiger partial charge in [-0.05, 0) is 58.3 Å². The second-order valence-corrected chi connectivity index (χ2v) is 11.7. The number of thiophene rings is 1. The van der Waals surface area contributed by atoms with E-state index in [1.54, 1.807) is 21.6 Å². The molecule has 0 aromatic carbocycles. The van der Waals surface area contributed by atoms with E-state index in [4.69, 9.17) is 0 Å². The summed E-state index contributed by atoms with van der Waals surface area (Å²) in [5.41, 5.74) is 2.25. The molecule has 35 heavy (non-hydrogen) atoms. The second kappa shape index (κ2) is 9.21. The Kier molecular flexibility index (Phi) is 6.24. The van der Waals surface area contributed by atoms with Crippen molar-refractivity contribution in [1.82, 2.24) is 29.6 Å². The summed E-state index contributed by atoms with van der Waals surface area (Å²) in [6, 6.07) is 1.83. The van der Waals surface area contributed by atoms with Gasteiger partial charge in [-0.15, -0.1) is 22.7 Å². The predicted octanol–water partition coefficient (Wildman–Crippen LogP) is 4.02. The molecule has 0 bridgehead atoms. The van der Waals surface area contributed by atoms with E-state index >= 15 is 0 Å². The molecular weight excluding hydrogens is 482 g/mol. The topological polar surface area (TPSA) is 96.6 Å². The minimum atomic E-state index is -0.244. The number of carbonyl (C=O) groups is 2. The third kappa shape index (κ3) is 4.75. The number of hydrogen-bond acceptors (Lipinski definition) is 7. The molecule has 2 N–H and O–H groups in total. The van der Waals surface area contributed by atoms with Crippen molar-refractivity contribution < 1.29 is 9.59 Å². The van der Waals surface area contributed by atoms with E-state index in [-0.39, 0.29) is 17.4 Å². The van der Waals surface area contributed by atoms with Crippen LogP contribution in [-0.2, 0) is 7.05 Å². The number of fused-ring (bicyclic) bond motifs is 1. The van der Waals surface area contributed by atoms with Gasteiger partial charge in [0.05, 0.1) is 32.7 Å². The van der Waals surface area contributed by atoms with E-state index in [0.717, 1.165) is 33.9 Å². The summed E-state index contributed by atoms with van der Waals surface area (Å²) in [5.74, 6) is -0.357. The zero-order valence-corrected chi connectivity index (χ0v) is 21.9. The smallest absolute Gasteiger partial charge is 0.261 e. The van der Waals surface area contributed by atoms with Crippen LogP contribution >= 0.6 is 22.7 Å². The highest BCUT2D eigenvalue weighted by molar-refractivity contribution is 7.21. The molecule has 2 amide bonds. The Morgan fingerprint density at radius 3 is 2.57 bits per heavy atom. The van der Waals surface area contributed by atoms with Crippen molar-refractivity contribution in [3.05, 3.63) is 46.9 Å². The molecule has 0 spiro atoms. The van der Waals surface area contributed by atoms with E-state index in [0.29, 0.717) is 22.0 Å². The fraction of sp³-hybridized carbons (Fsp3) is 0.417. The maximum Gasteiger partial charge on any atom is 0.261 e. The lowest BCUT2D eigenvalue weighted by Gasteiger charge is -2.35. The number of hydrogen-bond donors (Lipinski definition) is 2. The average molecular weight is 512 g/mol. The minimum Gasteiger partial charge on any atom is -0.349 e. The van der Waals surface area contributed by atoms with Gasteiger partial charge in [0, 0.05) is 37.1 Å². The van der Waals surface area contributed by atoms with Crippen molar-refractivity contribution in [2.45, 2.75) is 39.2 Å². The fourth-order valence-electron chi connectivity index (χ4n) is 4.33. The Labute approximate surface area is 211 Å². The van der Waals surface area contributed by atoms with Crippen LogP contribution in [0.25, 0.3) is 15.3 Å². The number of thiazole rings is 1. The molecule has 184 valence electrons. The van der Waals surface area contributed by atoms with Crippen LogP contribution in [0.2, 0.25) is 0 Å². The Morgan fingerprint density at radius 2 is 1.86 bits per heavy atom. The summed E-state index contributed by atoms with van der Waals surface area (Å²) in [4.78, 5) is 30.7. The normalized spacial score (nSPS) is 14.6. The van der Waals surface area contributed by atoms with E-state index in [2.05, 4.69) is 39.6 Å². The Hall–Kier alpha value is -3.02. The quantitative estimate of drug-likeness (QED) is 0.391. The van der Waals surface area contributed by atoms with Gasteiger partial charge in [-0.25, -0.2) is 4.52 Å². The lowest BCUT2D eigenvalue weighted by atomic mass is 10.0. The lowest BCUT2D eigenvalue weighted by Crippen LogP contribution is -2.50. The van der Waals surface area contributed by atoms with E-state index in [1.807, 2.05) is 32.4 Å². The first kappa shape index (κ1) is 23.7. The zero-order chi connectivity index (χ0) is 24.7. The maximum atomic E-state index is 13.1. The second-order valence-electron chi connectivity index (χ2n) is 9.57. The van der Waals surface area contributed by atoms with Crippen molar-refractivity contribution in [3.8, 4) is 10.4 Å². The number of likely N-dealkylation sites (tertiary alicyclic amines) is 1. The van der Waals surface area contributed by atoms with Crippen LogP contribution < -0.4 is 10.6 Å². The van der Waals surface area contributed by atoms with Crippen molar-refractivity contribution in [2.75, 3.05) is 25.0 Å². The SMILES string of the molecule is Cc1cc(C(=O)NCC(C)(C)N2CCCC2)sc1NC(=O)c1cnn2cc(-c3cnn(C)c3)sc12. The minimum absolute atomic E-state index is 0.0846. The van der Waals surface area contributed by atoms with Crippen LogP contribution in [-0.4, -0.2) is 61.3 Å². The van der Waals surface area contributed by atoms with Gasteiger partial charge in [-0.1, -0.05) is 0 Å². The molecule has 0 saturated carbocycles. The van der Waals surface area contributed by atoms with E-state index in [9.17, 15) is 9.59 Å². The molecule has 1 fully saturated rings. The van der Waals surface area contributed by atoms with Gasteiger partial charge < -0.3 is 10.6 Å². The van der Waals surface area contributed by atoms with Gasteiger partial charge in [-0.3, -0.25) is 19.2 Å². The third-order valence-corrected chi connectivity index (χ3v) is 8.75. The summed E-state index contributed by atoms with van der Waals surface area (Å²) >= 11 is 2.78. The first-order valence-electron chi connectivity index (χ1n) is 11.6. The summed E-state index contributed by atoms with van der Waals surface area (Å²) in [6.07, 6.45) is 9.62.